The second-order valence-corrected chi connectivity index (χ2v) is 5.25. The molecule has 0 saturated carbocycles. The third kappa shape index (κ3) is 2.91. The van der Waals surface area contributed by atoms with Gasteiger partial charge in [-0.15, -0.1) is 0 Å². The fraction of sp³-hybridized carbons (Fsp3) is 0.278. The first-order valence-electron chi connectivity index (χ1n) is 7.13. The van der Waals surface area contributed by atoms with Crippen molar-refractivity contribution in [3.63, 3.8) is 0 Å². The van der Waals surface area contributed by atoms with Crippen LogP contribution in [0, 0.1) is 13.8 Å². The summed E-state index contributed by atoms with van der Waals surface area (Å²) in [4.78, 5) is 12.2. The van der Waals surface area contributed by atoms with Gasteiger partial charge in [0.05, 0.1) is 7.11 Å². The molecule has 0 fully saturated rings. The summed E-state index contributed by atoms with van der Waals surface area (Å²) in [6.07, 6.45) is 0.613. The number of ether oxygens (including phenoxy) is 1. The topological polar surface area (TPSA) is 66.8 Å². The lowest BCUT2D eigenvalue weighted by atomic mass is 9.96. The van der Waals surface area contributed by atoms with Crippen molar-refractivity contribution in [1.29, 1.82) is 0 Å². The van der Waals surface area contributed by atoms with E-state index >= 15 is 0 Å². The van der Waals surface area contributed by atoms with Crippen LogP contribution in [-0.4, -0.2) is 23.1 Å². The number of carbonyl (C=O) groups excluding carboxylic acids is 1. The fourth-order valence-corrected chi connectivity index (χ4v) is 2.58. The molecule has 0 aliphatic heterocycles. The van der Waals surface area contributed by atoms with Crippen LogP contribution in [0.3, 0.4) is 0 Å². The van der Waals surface area contributed by atoms with Crippen LogP contribution in [0.25, 0.3) is 0 Å². The third-order valence-electron chi connectivity index (χ3n) is 3.87. The van der Waals surface area contributed by atoms with Gasteiger partial charge in [-0.05, 0) is 20.3 Å². The highest BCUT2D eigenvalue weighted by atomic mass is 16.5. The molecule has 0 radical (unpaired) electrons. The van der Waals surface area contributed by atoms with Crippen molar-refractivity contribution in [1.82, 2.24) is 0 Å². The lowest BCUT2D eigenvalue weighted by molar-refractivity contribution is 0.0982. The molecule has 22 heavy (non-hydrogen) atoms. The van der Waals surface area contributed by atoms with Crippen LogP contribution in [0.2, 0.25) is 0 Å². The number of phenolic OH excluding ortho intramolecular Hbond substituents is 2. The molecule has 0 spiro atoms. The Morgan fingerprint density at radius 2 is 1.68 bits per heavy atom. The number of aromatic hydroxyl groups is 2. The van der Waals surface area contributed by atoms with Crippen LogP contribution < -0.4 is 4.74 Å². The number of hydrogen-bond donors (Lipinski definition) is 2. The van der Waals surface area contributed by atoms with Crippen LogP contribution >= 0.6 is 0 Å². The summed E-state index contributed by atoms with van der Waals surface area (Å²) in [6, 6.07) is 9.04. The third-order valence-corrected chi connectivity index (χ3v) is 3.87. The molecule has 116 valence electrons. The number of benzene rings is 2. The van der Waals surface area contributed by atoms with Crippen LogP contribution in [0.15, 0.2) is 30.3 Å². The van der Waals surface area contributed by atoms with Crippen molar-refractivity contribution < 1.29 is 19.7 Å². The Morgan fingerprint density at radius 3 is 2.27 bits per heavy atom. The van der Waals surface area contributed by atoms with Gasteiger partial charge in [0.15, 0.2) is 5.78 Å². The first kappa shape index (κ1) is 15.9. The minimum atomic E-state index is -0.0131. The number of methoxy groups -OCH3 is 1. The summed E-state index contributed by atoms with van der Waals surface area (Å²) in [5.74, 6) is 0.445. The fourth-order valence-electron chi connectivity index (χ4n) is 2.58. The number of hydrogen-bond acceptors (Lipinski definition) is 4. The van der Waals surface area contributed by atoms with Crippen LogP contribution in [0.4, 0.5) is 0 Å². The Bertz CT molecular complexity index is 690. The van der Waals surface area contributed by atoms with E-state index < -0.39 is 0 Å². The van der Waals surface area contributed by atoms with E-state index in [4.69, 9.17) is 4.74 Å². The molecule has 0 unspecified atom stereocenters. The molecule has 2 aromatic rings. The number of carbonyl (C=O) groups is 1. The molecule has 2 rings (SSSR count). The van der Waals surface area contributed by atoms with E-state index in [-0.39, 0.29) is 23.7 Å². The minimum Gasteiger partial charge on any atom is -0.507 e. The molecule has 0 heterocycles. The Balaban J connectivity index is 2.28. The van der Waals surface area contributed by atoms with E-state index in [9.17, 15) is 15.0 Å². The molecule has 2 N–H and O–H groups in total. The van der Waals surface area contributed by atoms with Gasteiger partial charge in [0.2, 0.25) is 0 Å². The average molecular weight is 300 g/mol. The van der Waals surface area contributed by atoms with E-state index in [0.29, 0.717) is 34.4 Å². The van der Waals surface area contributed by atoms with Gasteiger partial charge in [-0.3, -0.25) is 4.79 Å². The lowest BCUT2D eigenvalue weighted by Gasteiger charge is -2.17. The van der Waals surface area contributed by atoms with E-state index in [1.807, 2.05) is 18.2 Å². The van der Waals surface area contributed by atoms with E-state index in [0.717, 1.165) is 0 Å². The summed E-state index contributed by atoms with van der Waals surface area (Å²) in [5, 5.41) is 20.2. The molecule has 0 bridgehead atoms. The largest absolute Gasteiger partial charge is 0.507 e. The van der Waals surface area contributed by atoms with Gasteiger partial charge in [0.1, 0.15) is 17.2 Å². The molecule has 2 aromatic carbocycles. The Hall–Kier alpha value is -2.49. The lowest BCUT2D eigenvalue weighted by Crippen LogP contribution is -2.04. The van der Waals surface area contributed by atoms with Gasteiger partial charge >= 0.3 is 0 Å². The molecule has 0 aromatic heterocycles. The maximum atomic E-state index is 12.2. The normalized spacial score (nSPS) is 10.5. The molecule has 0 atom stereocenters. The zero-order chi connectivity index (χ0) is 16.3. The van der Waals surface area contributed by atoms with Crippen molar-refractivity contribution in [2.75, 3.05) is 7.11 Å². The number of phenols is 2. The van der Waals surface area contributed by atoms with Gasteiger partial charge < -0.3 is 14.9 Å². The van der Waals surface area contributed by atoms with Crippen molar-refractivity contribution in [3.05, 3.63) is 52.6 Å². The van der Waals surface area contributed by atoms with Gasteiger partial charge in [0.25, 0.3) is 0 Å². The molecule has 4 nitrogen and oxygen atoms in total. The highest BCUT2D eigenvalue weighted by Crippen LogP contribution is 2.42. The zero-order valence-corrected chi connectivity index (χ0v) is 13.0. The summed E-state index contributed by atoms with van der Waals surface area (Å²) in [6.45, 7) is 3.36. The minimum absolute atomic E-state index is 0.00503. The highest BCUT2D eigenvalue weighted by molar-refractivity contribution is 5.96. The first-order valence-corrected chi connectivity index (χ1v) is 7.13. The monoisotopic (exact) mass is 300 g/mol. The van der Waals surface area contributed by atoms with Gasteiger partial charge in [-0.2, -0.15) is 0 Å². The quantitative estimate of drug-likeness (QED) is 0.829. The molecule has 0 aliphatic rings. The second-order valence-electron chi connectivity index (χ2n) is 5.25. The summed E-state index contributed by atoms with van der Waals surface area (Å²) < 4.78 is 5.30. The molecular formula is C18H20O4. The van der Waals surface area contributed by atoms with Crippen LogP contribution in [0.5, 0.6) is 17.2 Å². The van der Waals surface area contributed by atoms with Gasteiger partial charge in [-0.1, -0.05) is 30.3 Å². The highest BCUT2D eigenvalue weighted by Gasteiger charge is 2.20. The smallest absolute Gasteiger partial charge is 0.163 e. The summed E-state index contributed by atoms with van der Waals surface area (Å²) in [7, 11) is 1.49. The number of rotatable bonds is 5. The van der Waals surface area contributed by atoms with Gasteiger partial charge in [-0.25, -0.2) is 0 Å². The number of Topliss-reactive ketones (excluding diaryl/α,β-unsaturated/α-hetero) is 1. The van der Waals surface area contributed by atoms with E-state index in [2.05, 4.69) is 0 Å². The average Bonchev–Trinajstić information content (AvgIpc) is 2.55. The van der Waals surface area contributed by atoms with Crippen LogP contribution in [-0.2, 0) is 6.42 Å². The molecule has 0 amide bonds. The Kier molecular flexibility index (Phi) is 4.71. The van der Waals surface area contributed by atoms with Crippen molar-refractivity contribution in [2.45, 2.75) is 26.7 Å². The van der Waals surface area contributed by atoms with Crippen molar-refractivity contribution >= 4 is 5.78 Å². The number of ketones is 1. The molecule has 0 saturated heterocycles. The molecule has 0 aliphatic carbocycles. The van der Waals surface area contributed by atoms with E-state index in [1.54, 1.807) is 26.0 Å². The van der Waals surface area contributed by atoms with E-state index in [1.165, 1.54) is 7.11 Å². The van der Waals surface area contributed by atoms with Crippen molar-refractivity contribution in [2.24, 2.45) is 0 Å². The maximum absolute atomic E-state index is 12.2. The second kappa shape index (κ2) is 6.52. The van der Waals surface area contributed by atoms with Crippen molar-refractivity contribution in [3.8, 4) is 17.2 Å². The Morgan fingerprint density at radius 1 is 1.05 bits per heavy atom. The van der Waals surface area contributed by atoms with Gasteiger partial charge in [0, 0.05) is 28.7 Å². The van der Waals surface area contributed by atoms with Crippen LogP contribution in [0.1, 0.15) is 33.5 Å². The Labute approximate surface area is 130 Å². The zero-order valence-electron chi connectivity index (χ0n) is 13.0. The predicted octanol–water partition coefficient (Wildman–Crippen LogP) is 3.54. The molecule has 4 heteroatoms. The standard InChI is InChI=1S/C18H20O4/c1-11-16(20)12(2)18(22-3)14(17(11)21)9-10-15(19)13-7-5-4-6-8-13/h4-8,20-21H,9-10H2,1-3H3. The predicted molar refractivity (Wildman–Crippen MR) is 84.9 cm³/mol. The summed E-state index contributed by atoms with van der Waals surface area (Å²) >= 11 is 0. The first-order chi connectivity index (χ1) is 10.5. The SMILES string of the molecule is COc1c(C)c(O)c(C)c(O)c1CCC(=O)c1ccccc1. The molecular weight excluding hydrogens is 280 g/mol. The maximum Gasteiger partial charge on any atom is 0.163 e. The summed E-state index contributed by atoms with van der Waals surface area (Å²) in [5.41, 5.74) is 2.17.